The lowest BCUT2D eigenvalue weighted by Crippen LogP contribution is -2.54. The Morgan fingerprint density at radius 1 is 1.21 bits per heavy atom. The Labute approximate surface area is 170 Å². The molecular formula is C21H28FN5O2. The molecule has 0 bridgehead atoms. The summed E-state index contributed by atoms with van der Waals surface area (Å²) in [6, 6.07) is 5.07. The summed E-state index contributed by atoms with van der Waals surface area (Å²) in [5.41, 5.74) is 1.30. The van der Waals surface area contributed by atoms with Crippen molar-refractivity contribution < 1.29 is 13.7 Å². The second-order valence-corrected chi connectivity index (χ2v) is 8.13. The Morgan fingerprint density at radius 3 is 2.55 bits per heavy atom. The molecule has 2 aromatic rings. The molecular weight excluding hydrogens is 373 g/mol. The van der Waals surface area contributed by atoms with Crippen LogP contribution in [0.4, 0.5) is 4.39 Å². The molecule has 1 aliphatic carbocycles. The standard InChI is InChI=1S/C21H28FN5O2/c1-13-12-16(4-7-18(13)22)19-24-21(29-25-19)15(3)27-10-8-26(9-11-27)14(2)20(28)23-17-5-6-17/h4,7,12,14-15,17H,5-6,8-11H2,1-3H3,(H,23,28). The number of hydrogen-bond acceptors (Lipinski definition) is 6. The highest BCUT2D eigenvalue weighted by Crippen LogP contribution is 2.25. The molecule has 1 aromatic carbocycles. The highest BCUT2D eigenvalue weighted by molar-refractivity contribution is 5.81. The monoisotopic (exact) mass is 401 g/mol. The molecule has 1 N–H and O–H groups in total. The third kappa shape index (κ3) is 4.48. The molecule has 0 radical (unpaired) electrons. The van der Waals surface area contributed by atoms with Gasteiger partial charge in [0.1, 0.15) is 5.82 Å². The number of aryl methyl sites for hydroxylation is 1. The van der Waals surface area contributed by atoms with Crippen LogP contribution in [0.1, 0.15) is 44.2 Å². The molecule has 2 atom stereocenters. The van der Waals surface area contributed by atoms with Crippen molar-refractivity contribution in [1.82, 2.24) is 25.3 Å². The number of aromatic nitrogens is 2. The van der Waals surface area contributed by atoms with E-state index in [1.165, 1.54) is 6.07 Å². The highest BCUT2D eigenvalue weighted by Gasteiger charge is 2.32. The van der Waals surface area contributed by atoms with Crippen molar-refractivity contribution >= 4 is 5.91 Å². The van der Waals surface area contributed by atoms with Crippen LogP contribution in [0.25, 0.3) is 11.4 Å². The summed E-state index contributed by atoms with van der Waals surface area (Å²) in [5, 5.41) is 7.16. The maximum Gasteiger partial charge on any atom is 0.244 e. The van der Waals surface area contributed by atoms with Gasteiger partial charge in [0.25, 0.3) is 0 Å². The lowest BCUT2D eigenvalue weighted by atomic mass is 10.1. The van der Waals surface area contributed by atoms with Crippen LogP contribution in [0.2, 0.25) is 0 Å². The van der Waals surface area contributed by atoms with Crippen LogP contribution in [-0.2, 0) is 4.79 Å². The number of hydrogen-bond donors (Lipinski definition) is 1. The van der Waals surface area contributed by atoms with Gasteiger partial charge in [-0.1, -0.05) is 5.16 Å². The predicted molar refractivity (Wildman–Crippen MR) is 107 cm³/mol. The fourth-order valence-corrected chi connectivity index (χ4v) is 3.69. The molecule has 1 amide bonds. The Balaban J connectivity index is 1.34. The third-order valence-corrected chi connectivity index (χ3v) is 5.96. The van der Waals surface area contributed by atoms with Gasteiger partial charge in [0.2, 0.25) is 17.6 Å². The summed E-state index contributed by atoms with van der Waals surface area (Å²) in [7, 11) is 0. The Kier molecular flexibility index (Phi) is 5.65. The van der Waals surface area contributed by atoms with Crippen LogP contribution < -0.4 is 5.32 Å². The van der Waals surface area contributed by atoms with Gasteiger partial charge in [-0.2, -0.15) is 4.98 Å². The van der Waals surface area contributed by atoms with Gasteiger partial charge in [-0.25, -0.2) is 4.39 Å². The zero-order valence-electron chi connectivity index (χ0n) is 17.2. The maximum absolute atomic E-state index is 13.5. The minimum atomic E-state index is -0.247. The number of carbonyl (C=O) groups excluding carboxylic acids is 1. The molecule has 1 saturated heterocycles. The lowest BCUT2D eigenvalue weighted by molar-refractivity contribution is -0.126. The summed E-state index contributed by atoms with van der Waals surface area (Å²) in [5.74, 6) is 0.905. The van der Waals surface area contributed by atoms with Crippen molar-refractivity contribution in [1.29, 1.82) is 0 Å². The zero-order valence-corrected chi connectivity index (χ0v) is 17.2. The molecule has 1 saturated carbocycles. The first-order chi connectivity index (χ1) is 13.9. The fraction of sp³-hybridized carbons (Fsp3) is 0.571. The number of benzene rings is 1. The van der Waals surface area contributed by atoms with Crippen LogP contribution in [0.3, 0.4) is 0 Å². The minimum absolute atomic E-state index is 0.0180. The van der Waals surface area contributed by atoms with Crippen molar-refractivity contribution in [3.8, 4) is 11.4 Å². The van der Waals surface area contributed by atoms with Gasteiger partial charge in [0.15, 0.2) is 0 Å². The topological polar surface area (TPSA) is 74.5 Å². The number of nitrogens with one attached hydrogen (secondary N) is 1. The molecule has 2 unspecified atom stereocenters. The van der Waals surface area contributed by atoms with Crippen LogP contribution >= 0.6 is 0 Å². The van der Waals surface area contributed by atoms with Crippen molar-refractivity contribution in [3.05, 3.63) is 35.5 Å². The number of piperazine rings is 1. The number of halogens is 1. The first-order valence-corrected chi connectivity index (χ1v) is 10.3. The number of nitrogens with zero attached hydrogens (tertiary/aromatic N) is 4. The largest absolute Gasteiger partial charge is 0.352 e. The Morgan fingerprint density at radius 2 is 1.90 bits per heavy atom. The first-order valence-electron chi connectivity index (χ1n) is 10.3. The SMILES string of the molecule is Cc1cc(-c2noc(C(C)N3CCN(C(C)C(=O)NC4CC4)CC3)n2)ccc1F. The lowest BCUT2D eigenvalue weighted by Gasteiger charge is -2.39. The fourth-order valence-electron chi connectivity index (χ4n) is 3.69. The van der Waals surface area contributed by atoms with Crippen LogP contribution in [0.15, 0.2) is 22.7 Å². The summed E-state index contributed by atoms with van der Waals surface area (Å²) >= 11 is 0. The Hall–Kier alpha value is -2.32. The summed E-state index contributed by atoms with van der Waals surface area (Å²) in [6.07, 6.45) is 2.21. The van der Waals surface area contributed by atoms with E-state index in [0.29, 0.717) is 23.3 Å². The van der Waals surface area contributed by atoms with Gasteiger partial charge in [-0.15, -0.1) is 0 Å². The van der Waals surface area contributed by atoms with E-state index in [0.717, 1.165) is 44.6 Å². The molecule has 8 heteroatoms. The van der Waals surface area contributed by atoms with Gasteiger partial charge in [-0.3, -0.25) is 14.6 Å². The molecule has 2 heterocycles. The highest BCUT2D eigenvalue weighted by atomic mass is 19.1. The average Bonchev–Trinajstić information content (AvgIpc) is 3.40. The maximum atomic E-state index is 13.5. The molecule has 0 spiro atoms. The van der Waals surface area contributed by atoms with E-state index in [4.69, 9.17) is 4.52 Å². The number of rotatable bonds is 6. The van der Waals surface area contributed by atoms with Gasteiger partial charge in [0.05, 0.1) is 12.1 Å². The van der Waals surface area contributed by atoms with E-state index >= 15 is 0 Å². The van der Waals surface area contributed by atoms with Gasteiger partial charge in [-0.05, 0) is 57.4 Å². The van der Waals surface area contributed by atoms with E-state index in [-0.39, 0.29) is 23.8 Å². The number of carbonyl (C=O) groups is 1. The molecule has 2 fully saturated rings. The zero-order chi connectivity index (χ0) is 20.5. The average molecular weight is 401 g/mol. The van der Waals surface area contributed by atoms with Gasteiger partial charge < -0.3 is 9.84 Å². The summed E-state index contributed by atoms with van der Waals surface area (Å²) in [6.45, 7) is 9.04. The van der Waals surface area contributed by atoms with Crippen molar-refractivity contribution in [2.75, 3.05) is 26.2 Å². The first kappa shape index (κ1) is 20.0. The van der Waals surface area contributed by atoms with Crippen molar-refractivity contribution in [2.24, 2.45) is 0 Å². The van der Waals surface area contributed by atoms with E-state index < -0.39 is 0 Å². The Bertz CT molecular complexity index is 874. The summed E-state index contributed by atoms with van der Waals surface area (Å²) in [4.78, 5) is 21.3. The normalized spacial score (nSPS) is 20.4. The van der Waals surface area contributed by atoms with Gasteiger partial charge >= 0.3 is 0 Å². The molecule has 156 valence electrons. The minimum Gasteiger partial charge on any atom is -0.352 e. The molecule has 1 aliphatic heterocycles. The summed E-state index contributed by atoms with van der Waals surface area (Å²) < 4.78 is 19.0. The molecule has 7 nitrogen and oxygen atoms in total. The number of amides is 1. The molecule has 4 rings (SSSR count). The van der Waals surface area contributed by atoms with Crippen LogP contribution in [-0.4, -0.2) is 64.1 Å². The second-order valence-electron chi connectivity index (χ2n) is 8.13. The third-order valence-electron chi connectivity index (χ3n) is 5.96. The molecule has 29 heavy (non-hydrogen) atoms. The van der Waals surface area contributed by atoms with Crippen molar-refractivity contribution in [2.45, 2.75) is 51.7 Å². The van der Waals surface area contributed by atoms with Crippen molar-refractivity contribution in [3.63, 3.8) is 0 Å². The van der Waals surface area contributed by atoms with Crippen LogP contribution in [0, 0.1) is 12.7 Å². The van der Waals surface area contributed by atoms with E-state index in [1.54, 1.807) is 19.1 Å². The second kappa shape index (κ2) is 8.20. The smallest absolute Gasteiger partial charge is 0.244 e. The quantitative estimate of drug-likeness (QED) is 0.802. The predicted octanol–water partition coefficient (Wildman–Crippen LogP) is 2.53. The molecule has 2 aliphatic rings. The van der Waals surface area contributed by atoms with E-state index in [2.05, 4.69) is 25.3 Å². The van der Waals surface area contributed by atoms with E-state index in [9.17, 15) is 9.18 Å². The van der Waals surface area contributed by atoms with E-state index in [1.807, 2.05) is 13.8 Å². The van der Waals surface area contributed by atoms with Crippen LogP contribution in [0.5, 0.6) is 0 Å². The van der Waals surface area contributed by atoms with Gasteiger partial charge in [0, 0.05) is 37.8 Å². The molecule has 1 aromatic heterocycles.